The molecule has 0 bridgehead atoms. The summed E-state index contributed by atoms with van der Waals surface area (Å²) in [4.78, 5) is 2.48. The molecule has 3 nitrogen and oxygen atoms in total. The number of ether oxygens (including phenoxy) is 1. The number of piperidine rings is 1. The van der Waals surface area contributed by atoms with Gasteiger partial charge in [-0.25, -0.2) is 0 Å². The van der Waals surface area contributed by atoms with Gasteiger partial charge < -0.3 is 10.5 Å². The van der Waals surface area contributed by atoms with Crippen LogP contribution in [0.3, 0.4) is 0 Å². The van der Waals surface area contributed by atoms with Crippen LogP contribution in [0.4, 0.5) is 0 Å². The fourth-order valence-electron chi connectivity index (χ4n) is 2.35. The highest BCUT2D eigenvalue weighted by molar-refractivity contribution is 7.07. The van der Waals surface area contributed by atoms with Gasteiger partial charge in [0.05, 0.1) is 6.10 Å². The first-order valence-corrected chi connectivity index (χ1v) is 6.75. The summed E-state index contributed by atoms with van der Waals surface area (Å²) in [5.41, 5.74) is 7.25. The molecular formula is C12H20N2OS. The van der Waals surface area contributed by atoms with Gasteiger partial charge in [-0.2, -0.15) is 11.3 Å². The summed E-state index contributed by atoms with van der Waals surface area (Å²) in [6.45, 7) is 2.85. The van der Waals surface area contributed by atoms with Crippen molar-refractivity contribution in [1.82, 2.24) is 4.90 Å². The highest BCUT2D eigenvalue weighted by atomic mass is 32.1. The Bertz CT molecular complexity index is 302. The molecule has 1 aliphatic heterocycles. The van der Waals surface area contributed by atoms with Crippen LogP contribution in [0.1, 0.15) is 18.4 Å². The number of rotatable bonds is 4. The molecular weight excluding hydrogens is 220 g/mol. The quantitative estimate of drug-likeness (QED) is 0.870. The lowest BCUT2D eigenvalue weighted by Crippen LogP contribution is -2.47. The molecule has 0 amide bonds. The van der Waals surface area contributed by atoms with E-state index in [1.807, 2.05) is 0 Å². The molecule has 0 aromatic carbocycles. The first kappa shape index (κ1) is 12.0. The van der Waals surface area contributed by atoms with Crippen LogP contribution in [0.2, 0.25) is 0 Å². The van der Waals surface area contributed by atoms with Crippen molar-refractivity contribution in [2.45, 2.75) is 31.5 Å². The summed E-state index contributed by atoms with van der Waals surface area (Å²) in [7, 11) is 1.80. The Balaban J connectivity index is 1.93. The lowest BCUT2D eigenvalue weighted by molar-refractivity contribution is 0.0103. The first-order chi connectivity index (χ1) is 7.83. The molecule has 1 fully saturated rings. The molecule has 1 aliphatic rings. The zero-order valence-electron chi connectivity index (χ0n) is 9.76. The highest BCUT2D eigenvalue weighted by Gasteiger charge is 2.27. The van der Waals surface area contributed by atoms with E-state index in [4.69, 9.17) is 10.5 Å². The number of methoxy groups -OCH3 is 1. The molecule has 1 aromatic rings. The van der Waals surface area contributed by atoms with Gasteiger partial charge in [-0.1, -0.05) is 0 Å². The van der Waals surface area contributed by atoms with Crippen LogP contribution in [-0.4, -0.2) is 37.2 Å². The van der Waals surface area contributed by atoms with Gasteiger partial charge in [-0.15, -0.1) is 0 Å². The van der Waals surface area contributed by atoms with Crippen molar-refractivity contribution in [3.8, 4) is 0 Å². The zero-order chi connectivity index (χ0) is 11.4. The number of likely N-dealkylation sites (tertiary alicyclic amines) is 1. The molecule has 2 atom stereocenters. The van der Waals surface area contributed by atoms with Gasteiger partial charge in [0, 0.05) is 32.8 Å². The van der Waals surface area contributed by atoms with Gasteiger partial charge >= 0.3 is 0 Å². The number of hydrogen-bond acceptors (Lipinski definition) is 4. The largest absolute Gasteiger partial charge is 0.381 e. The Kier molecular flexibility index (Phi) is 4.35. The van der Waals surface area contributed by atoms with Crippen molar-refractivity contribution in [3.05, 3.63) is 22.4 Å². The fourth-order valence-corrected chi connectivity index (χ4v) is 3.01. The average Bonchev–Trinajstić information content (AvgIpc) is 2.82. The lowest BCUT2D eigenvalue weighted by atomic mass is 9.99. The van der Waals surface area contributed by atoms with Crippen LogP contribution in [0.25, 0.3) is 0 Å². The van der Waals surface area contributed by atoms with Gasteiger partial charge in [0.25, 0.3) is 0 Å². The summed E-state index contributed by atoms with van der Waals surface area (Å²) in [5.74, 6) is 0. The summed E-state index contributed by atoms with van der Waals surface area (Å²) in [6, 6.07) is 2.67. The van der Waals surface area contributed by atoms with Crippen molar-refractivity contribution in [2.24, 2.45) is 5.73 Å². The molecule has 1 saturated heterocycles. The average molecular weight is 240 g/mol. The van der Waals surface area contributed by atoms with Gasteiger partial charge in [0.2, 0.25) is 0 Å². The second-order valence-electron chi connectivity index (χ2n) is 4.37. The van der Waals surface area contributed by atoms with Gasteiger partial charge in [0.15, 0.2) is 0 Å². The fraction of sp³-hybridized carbons (Fsp3) is 0.667. The number of nitrogens with two attached hydrogens (primary N) is 1. The van der Waals surface area contributed by atoms with E-state index in [0.717, 1.165) is 32.5 Å². The van der Waals surface area contributed by atoms with Crippen molar-refractivity contribution >= 4 is 11.3 Å². The van der Waals surface area contributed by atoms with Crippen LogP contribution in [0, 0.1) is 0 Å². The Labute approximate surface area is 101 Å². The summed E-state index contributed by atoms with van der Waals surface area (Å²) < 4.78 is 5.43. The number of nitrogens with zero attached hydrogens (tertiary/aromatic N) is 1. The van der Waals surface area contributed by atoms with Crippen molar-refractivity contribution < 1.29 is 4.74 Å². The lowest BCUT2D eigenvalue weighted by Gasteiger charge is -2.38. The first-order valence-electron chi connectivity index (χ1n) is 5.81. The van der Waals surface area contributed by atoms with E-state index in [-0.39, 0.29) is 0 Å². The number of hydrogen-bond donors (Lipinski definition) is 1. The maximum atomic E-state index is 5.84. The third-order valence-electron chi connectivity index (χ3n) is 3.36. The molecule has 0 saturated carbocycles. The molecule has 0 aliphatic carbocycles. The monoisotopic (exact) mass is 240 g/mol. The zero-order valence-corrected chi connectivity index (χ0v) is 10.6. The van der Waals surface area contributed by atoms with Gasteiger partial charge in [-0.3, -0.25) is 4.90 Å². The molecule has 2 unspecified atom stereocenters. The summed E-state index contributed by atoms with van der Waals surface area (Å²) >= 11 is 1.76. The molecule has 2 heterocycles. The Morgan fingerprint density at radius 2 is 2.50 bits per heavy atom. The second kappa shape index (κ2) is 5.77. The van der Waals surface area contributed by atoms with E-state index >= 15 is 0 Å². The Hall–Kier alpha value is -0.420. The maximum absolute atomic E-state index is 5.84. The molecule has 90 valence electrons. The van der Waals surface area contributed by atoms with Crippen LogP contribution in [0.5, 0.6) is 0 Å². The third kappa shape index (κ3) is 2.83. The minimum Gasteiger partial charge on any atom is -0.381 e. The van der Waals surface area contributed by atoms with E-state index in [2.05, 4.69) is 21.7 Å². The molecule has 2 rings (SSSR count). The minimum atomic E-state index is 0.396. The van der Waals surface area contributed by atoms with E-state index in [9.17, 15) is 0 Å². The van der Waals surface area contributed by atoms with Crippen molar-refractivity contribution in [3.63, 3.8) is 0 Å². The van der Waals surface area contributed by atoms with E-state index < -0.39 is 0 Å². The van der Waals surface area contributed by atoms with Crippen LogP contribution in [-0.2, 0) is 11.3 Å². The van der Waals surface area contributed by atoms with Crippen LogP contribution < -0.4 is 5.73 Å². The predicted octanol–water partition coefficient (Wildman–Crippen LogP) is 1.69. The molecule has 1 aromatic heterocycles. The maximum Gasteiger partial charge on any atom is 0.0599 e. The van der Waals surface area contributed by atoms with E-state index in [1.54, 1.807) is 18.4 Å². The van der Waals surface area contributed by atoms with E-state index in [0.29, 0.717) is 12.1 Å². The SMILES string of the molecule is COC1CCN(Cc2ccsc2)C(CN)C1. The summed E-state index contributed by atoms with van der Waals surface area (Å²) in [5, 5.41) is 4.35. The van der Waals surface area contributed by atoms with Gasteiger partial charge in [0.1, 0.15) is 0 Å². The van der Waals surface area contributed by atoms with Crippen molar-refractivity contribution in [2.75, 3.05) is 20.2 Å². The Morgan fingerprint density at radius 1 is 1.62 bits per heavy atom. The molecule has 0 radical (unpaired) electrons. The normalized spacial score (nSPS) is 27.1. The van der Waals surface area contributed by atoms with Crippen molar-refractivity contribution in [1.29, 1.82) is 0 Å². The minimum absolute atomic E-state index is 0.396. The van der Waals surface area contributed by atoms with Gasteiger partial charge in [-0.05, 0) is 35.2 Å². The summed E-state index contributed by atoms with van der Waals surface area (Å²) in [6.07, 6.45) is 2.58. The molecule has 16 heavy (non-hydrogen) atoms. The van der Waals surface area contributed by atoms with E-state index in [1.165, 1.54) is 5.56 Å². The smallest absolute Gasteiger partial charge is 0.0599 e. The van der Waals surface area contributed by atoms with Crippen LogP contribution in [0.15, 0.2) is 16.8 Å². The van der Waals surface area contributed by atoms with Crippen LogP contribution >= 0.6 is 11.3 Å². The highest BCUT2D eigenvalue weighted by Crippen LogP contribution is 2.21. The third-order valence-corrected chi connectivity index (χ3v) is 4.09. The predicted molar refractivity (Wildman–Crippen MR) is 67.6 cm³/mol. The standard InChI is InChI=1S/C12H20N2OS/c1-15-12-2-4-14(11(6-12)7-13)8-10-3-5-16-9-10/h3,5,9,11-12H,2,4,6-8,13H2,1H3. The molecule has 4 heteroatoms. The number of thiophene rings is 1. The second-order valence-corrected chi connectivity index (χ2v) is 5.15. The Morgan fingerprint density at radius 3 is 3.12 bits per heavy atom. The molecule has 2 N–H and O–H groups in total. The molecule has 0 spiro atoms. The topological polar surface area (TPSA) is 38.5 Å².